The summed E-state index contributed by atoms with van der Waals surface area (Å²) in [6, 6.07) is 32.2. The number of likely N-dealkylation sites (tertiary alicyclic amines) is 2. The monoisotopic (exact) mass is 1590 g/mol. The molecule has 33 heteroatoms. The molecule has 10 rings (SSSR count). The zero-order valence-corrected chi connectivity index (χ0v) is 61.4. The number of hydrogen-bond donors (Lipinski definition) is 3. The second-order valence-corrected chi connectivity index (χ2v) is 27.3. The van der Waals surface area contributed by atoms with Crippen LogP contribution in [0, 0.1) is 0 Å². The molecule has 2 saturated heterocycles. The largest absolute Gasteiger partial charge is 0.471 e. The van der Waals surface area contributed by atoms with Gasteiger partial charge in [-0.25, -0.2) is 0 Å². The SMILES string of the molecule is CN(C[C@](CCN1CCC2(CC1)NC(=O)Cc1ccccc12)(c1ccc(Cl)c(Cl)c1)N(C)C(=O)c1ccc(C(F)(F)F)cc1)C(=O)C(F)(F)F.CN[C@](CCN1CCC2(CC1)NC(=O)Cc1ccccc12)(CN(C)C(=O)C(F)(F)F)c1ccc(Cl)c(Cl)c1.O=C(Cl)c1ccc(C(F)(F)F)cc1.S.S. The third-order valence-electron chi connectivity index (χ3n) is 19.1. The number of benzene rings is 6. The number of rotatable bonds is 16. The van der Waals surface area contributed by atoms with Gasteiger partial charge in [-0.2, -0.15) is 79.7 Å². The van der Waals surface area contributed by atoms with Crippen molar-refractivity contribution < 1.29 is 81.5 Å². The zero-order chi connectivity index (χ0) is 74.4. The molecule has 2 spiro atoms. The number of amides is 5. The van der Waals surface area contributed by atoms with Gasteiger partial charge >= 0.3 is 36.5 Å². The Labute approximate surface area is 625 Å². The van der Waals surface area contributed by atoms with Crippen molar-refractivity contribution in [3.63, 3.8) is 0 Å². The van der Waals surface area contributed by atoms with Crippen LogP contribution < -0.4 is 16.0 Å². The van der Waals surface area contributed by atoms with E-state index in [0.29, 0.717) is 78.8 Å². The van der Waals surface area contributed by atoms with Crippen LogP contribution in [0.25, 0.3) is 0 Å². The lowest BCUT2D eigenvalue weighted by atomic mass is 9.75. The van der Waals surface area contributed by atoms with Gasteiger partial charge in [0.2, 0.25) is 11.8 Å². The van der Waals surface area contributed by atoms with Gasteiger partial charge in [-0.3, -0.25) is 28.8 Å². The molecule has 2 fully saturated rings. The van der Waals surface area contributed by atoms with E-state index in [4.69, 9.17) is 58.0 Å². The van der Waals surface area contributed by atoms with E-state index < -0.39 is 87.5 Å². The molecule has 0 unspecified atom stereocenters. The number of halogens is 17. The minimum Gasteiger partial charge on any atom is -0.346 e. The third-order valence-corrected chi connectivity index (χ3v) is 20.8. The molecule has 4 aliphatic rings. The molecular formula is C70H73Cl5F12N8O6S2. The van der Waals surface area contributed by atoms with E-state index in [-0.39, 0.29) is 96.5 Å². The van der Waals surface area contributed by atoms with Crippen LogP contribution in [-0.2, 0) is 66.5 Å². The number of nitrogens with one attached hydrogen (secondary N) is 3. The van der Waals surface area contributed by atoms with Gasteiger partial charge in [-0.1, -0.05) is 107 Å². The third kappa shape index (κ3) is 20.4. The highest BCUT2D eigenvalue weighted by atomic mass is 35.5. The Hall–Kier alpha value is -6.47. The van der Waals surface area contributed by atoms with E-state index in [2.05, 4.69) is 31.8 Å². The fourth-order valence-corrected chi connectivity index (χ4v) is 14.3. The highest BCUT2D eigenvalue weighted by Gasteiger charge is 2.50. The second kappa shape index (κ2) is 34.4. The van der Waals surface area contributed by atoms with Crippen molar-refractivity contribution in [1.29, 1.82) is 0 Å². The first-order valence-electron chi connectivity index (χ1n) is 31.5. The molecule has 560 valence electrons. The first-order valence-corrected chi connectivity index (χ1v) is 33.4. The average Bonchev–Trinajstić information content (AvgIpc) is 0.763. The summed E-state index contributed by atoms with van der Waals surface area (Å²) in [5, 5.41) is 9.60. The Balaban J connectivity index is 0.000000277. The van der Waals surface area contributed by atoms with Gasteiger partial charge in [0, 0.05) is 84.6 Å². The number of hydrogen-bond acceptors (Lipinski definition) is 9. The first-order chi connectivity index (χ1) is 47.2. The minimum atomic E-state index is -5.23. The summed E-state index contributed by atoms with van der Waals surface area (Å²) in [7, 11) is 5.10. The van der Waals surface area contributed by atoms with Gasteiger partial charge in [0.05, 0.1) is 66.2 Å². The highest BCUT2D eigenvalue weighted by Crippen LogP contribution is 2.44. The van der Waals surface area contributed by atoms with Crippen LogP contribution in [0.15, 0.2) is 133 Å². The molecule has 0 aromatic heterocycles. The number of nitrogens with zero attached hydrogens (tertiary/aromatic N) is 5. The van der Waals surface area contributed by atoms with E-state index >= 15 is 0 Å². The average molecular weight is 1590 g/mol. The molecule has 0 radical (unpaired) electrons. The van der Waals surface area contributed by atoms with Crippen molar-refractivity contribution in [3.8, 4) is 0 Å². The molecule has 0 aliphatic carbocycles. The predicted molar refractivity (Wildman–Crippen MR) is 379 cm³/mol. The minimum absolute atomic E-state index is 0. The molecule has 0 bridgehead atoms. The van der Waals surface area contributed by atoms with Crippen LogP contribution in [0.4, 0.5) is 52.7 Å². The number of alkyl halides is 12. The van der Waals surface area contributed by atoms with E-state index in [0.717, 1.165) is 103 Å². The van der Waals surface area contributed by atoms with Crippen LogP contribution >= 0.6 is 85.0 Å². The van der Waals surface area contributed by atoms with Gasteiger partial charge in [-0.05, 0) is 163 Å². The molecule has 4 aliphatic heterocycles. The molecule has 0 saturated carbocycles. The summed E-state index contributed by atoms with van der Waals surface area (Å²) in [5.41, 5.74) is -0.464. The van der Waals surface area contributed by atoms with Crippen molar-refractivity contribution in [3.05, 3.63) is 209 Å². The summed E-state index contributed by atoms with van der Waals surface area (Å²) in [6.07, 6.45) is -15.7. The standard InChI is InChI=1S/C35H34Cl2F6N4O3.C27H31Cl2F3N4O2.C8H4ClF3O.2H2S/c1-45(31(50)35(41,42)43)21-33(25-11-12-27(36)28(37)20-25,46(2)30(49)22-7-9-24(10-8-22)34(38,39)40)15-18-47-16-13-32(14-17-47)26-6-4-3-5-23(26)19-29(48)44-32;1-33-26(17-35(2)24(38)27(30,31)32,19-7-8-21(28)22(29)16-19)11-14-36-12-9-25(10-13-36)20-6-4-3-5-18(20)15-23(37)34-25;9-7(13)5-1-3-6(4-2-5)8(10,11)12;;/h3-12,20H,13-19,21H2,1-2H3,(H,44,48);3-8,16,33H,9-15,17H2,1-2H3,(H,34,37);1-4H;2*1H2/t33-;26-;;;/m11.../s1. The number of fused-ring (bicyclic) bond motifs is 4. The topological polar surface area (TPSA) is 155 Å². The molecule has 5 amide bonds. The van der Waals surface area contributed by atoms with Crippen molar-refractivity contribution in [2.75, 3.05) is 80.5 Å². The Morgan fingerprint density at radius 1 is 0.495 bits per heavy atom. The predicted octanol–water partition coefficient (Wildman–Crippen LogP) is 14.8. The molecule has 2 atom stereocenters. The molecule has 3 N–H and O–H groups in total. The zero-order valence-electron chi connectivity index (χ0n) is 55.6. The van der Waals surface area contributed by atoms with Gasteiger partial charge in [0.15, 0.2) is 0 Å². The van der Waals surface area contributed by atoms with Crippen LogP contribution in [-0.4, -0.2) is 152 Å². The lowest BCUT2D eigenvalue weighted by Crippen LogP contribution is -2.58. The quantitative estimate of drug-likeness (QED) is 0.0634. The molecule has 4 heterocycles. The molecule has 6 aromatic rings. The maximum Gasteiger partial charge on any atom is 0.471 e. The summed E-state index contributed by atoms with van der Waals surface area (Å²) < 4.78 is 157. The second-order valence-electron chi connectivity index (χ2n) is 25.3. The van der Waals surface area contributed by atoms with Gasteiger partial charge < -0.3 is 40.4 Å². The Morgan fingerprint density at radius 2 is 0.864 bits per heavy atom. The van der Waals surface area contributed by atoms with E-state index in [1.165, 1.54) is 25.2 Å². The summed E-state index contributed by atoms with van der Waals surface area (Å²) in [4.78, 5) is 80.7. The molecular weight excluding hydrogens is 1520 g/mol. The summed E-state index contributed by atoms with van der Waals surface area (Å²) in [5.74, 6) is -4.93. The normalized spacial score (nSPS) is 16.9. The Bertz CT molecular complexity index is 4010. The fraction of sp³-hybridized carbons (Fsp3) is 0.400. The Morgan fingerprint density at radius 3 is 1.25 bits per heavy atom. The maximum absolute atomic E-state index is 14.0. The smallest absolute Gasteiger partial charge is 0.346 e. The van der Waals surface area contributed by atoms with E-state index in [9.17, 15) is 81.5 Å². The summed E-state index contributed by atoms with van der Waals surface area (Å²) >= 11 is 30.0. The van der Waals surface area contributed by atoms with Crippen molar-refractivity contribution in [1.82, 2.24) is 40.4 Å². The van der Waals surface area contributed by atoms with Crippen molar-refractivity contribution in [2.45, 2.75) is 98.2 Å². The van der Waals surface area contributed by atoms with Gasteiger partial charge in [0.1, 0.15) is 0 Å². The highest BCUT2D eigenvalue weighted by molar-refractivity contribution is 7.59. The number of likely N-dealkylation sites (N-methyl/N-ethyl adjacent to an activating group) is 4. The Kier molecular flexibility index (Phi) is 28.5. The number of carbonyl (C=O) groups is 6. The lowest BCUT2D eigenvalue weighted by molar-refractivity contribution is -0.185. The van der Waals surface area contributed by atoms with Crippen LogP contribution in [0.3, 0.4) is 0 Å². The maximum atomic E-state index is 14.0. The van der Waals surface area contributed by atoms with E-state index in [1.54, 1.807) is 25.2 Å². The van der Waals surface area contributed by atoms with Gasteiger partial charge in [-0.15, -0.1) is 0 Å². The number of carbonyl (C=O) groups excluding carboxylic acids is 6. The molecule has 103 heavy (non-hydrogen) atoms. The van der Waals surface area contributed by atoms with Crippen LogP contribution in [0.5, 0.6) is 0 Å². The van der Waals surface area contributed by atoms with E-state index in [1.807, 2.05) is 42.5 Å². The van der Waals surface area contributed by atoms with Crippen molar-refractivity contribution in [2.24, 2.45) is 0 Å². The fourth-order valence-electron chi connectivity index (χ4n) is 13.6. The van der Waals surface area contributed by atoms with Crippen LogP contribution in [0.1, 0.15) is 104 Å². The number of piperidine rings is 2. The van der Waals surface area contributed by atoms with Gasteiger partial charge in [0.25, 0.3) is 11.1 Å². The first kappa shape index (κ1) is 85.5. The summed E-state index contributed by atoms with van der Waals surface area (Å²) in [6.45, 7) is 2.29. The molecule has 6 aromatic carbocycles. The molecule has 14 nitrogen and oxygen atoms in total. The van der Waals surface area contributed by atoms with Crippen LogP contribution in [0.2, 0.25) is 20.1 Å². The lowest BCUT2D eigenvalue weighted by Gasteiger charge is -2.48. The van der Waals surface area contributed by atoms with Crippen molar-refractivity contribution >= 4 is 120 Å².